The van der Waals surface area contributed by atoms with E-state index in [1.165, 1.54) is 12.1 Å². The van der Waals surface area contributed by atoms with Crippen molar-refractivity contribution in [2.24, 2.45) is 0 Å². The first-order valence-corrected chi connectivity index (χ1v) is 27.1. The first kappa shape index (κ1) is 54.6. The normalized spacial score (nSPS) is 14.0. The Hall–Kier alpha value is -6.20. The number of aromatic nitrogens is 1. The Morgan fingerprint density at radius 2 is 1.60 bits per heavy atom. The number of aryl methyl sites for hydroxylation is 1. The van der Waals surface area contributed by atoms with Crippen LogP contribution in [0, 0.1) is 22.0 Å². The number of hydrogen-bond donors (Lipinski definition) is 5. The van der Waals surface area contributed by atoms with Gasteiger partial charge < -0.3 is 40.1 Å². The Labute approximate surface area is 437 Å². The summed E-state index contributed by atoms with van der Waals surface area (Å²) in [4.78, 5) is 33.7. The van der Waals surface area contributed by atoms with Crippen LogP contribution in [-0.2, 0) is 16.6 Å². The van der Waals surface area contributed by atoms with Crippen LogP contribution in [0.3, 0.4) is 0 Å². The van der Waals surface area contributed by atoms with Crippen molar-refractivity contribution in [3.63, 3.8) is 0 Å². The lowest BCUT2D eigenvalue weighted by molar-refractivity contribution is -0.384. The summed E-state index contributed by atoms with van der Waals surface area (Å²) < 4.78 is 31.7. The number of likely N-dealkylation sites (N-methyl/N-ethyl adjacent to an activating group) is 1. The van der Waals surface area contributed by atoms with Gasteiger partial charge in [-0.2, -0.15) is 0 Å². The first-order chi connectivity index (χ1) is 35.1. The highest BCUT2D eigenvalue weighted by Gasteiger charge is 2.26. The molecule has 7 rings (SSSR count). The fourth-order valence-electron chi connectivity index (χ4n) is 8.38. The molecule has 6 aromatic rings. The van der Waals surface area contributed by atoms with Gasteiger partial charge in [-0.3, -0.25) is 19.6 Å². The van der Waals surface area contributed by atoms with Crippen molar-refractivity contribution in [1.82, 2.24) is 24.6 Å². The number of benzene rings is 5. The zero-order valence-electron chi connectivity index (χ0n) is 41.3. The molecule has 1 fully saturated rings. The molecule has 18 heteroatoms. The number of nitrogens with one attached hydrogen (secondary N) is 3. The van der Waals surface area contributed by atoms with Crippen LogP contribution in [0.1, 0.15) is 40.9 Å². The largest absolute Gasteiger partial charge is 0.394 e. The van der Waals surface area contributed by atoms with Gasteiger partial charge in [-0.05, 0) is 137 Å². The minimum atomic E-state index is -4.23. The van der Waals surface area contributed by atoms with Gasteiger partial charge in [-0.15, -0.1) is 11.8 Å². The van der Waals surface area contributed by atoms with Crippen LogP contribution in [0.4, 0.5) is 17.1 Å². The van der Waals surface area contributed by atoms with Gasteiger partial charge in [0.05, 0.1) is 22.5 Å². The third-order valence-electron chi connectivity index (χ3n) is 12.5. The SMILES string of the molecule is CN(C)CCC(CSc1ccccc1)Nc1ccc(S(=O)(=O)Nc2ccc(C#Cc3cccc(-c4c(-c5ccc(Cl)cc5)cn(CCC(O)CO)c4C(=O)NCCCN4CCN(C)CC4)c3)cc2)cc1[N+](=O)[O-]. The molecular formula is C55H63ClN8O7S2. The van der Waals surface area contributed by atoms with Crippen molar-refractivity contribution in [2.75, 3.05) is 89.4 Å². The molecule has 0 aliphatic carbocycles. The van der Waals surface area contributed by atoms with Crippen molar-refractivity contribution in [3.05, 3.63) is 159 Å². The molecule has 1 amide bonds. The van der Waals surface area contributed by atoms with Gasteiger partial charge in [0, 0.05) is 101 Å². The predicted molar refractivity (Wildman–Crippen MR) is 293 cm³/mol. The Bertz CT molecular complexity index is 2970. The van der Waals surface area contributed by atoms with Crippen LogP contribution in [-0.4, -0.2) is 140 Å². The smallest absolute Gasteiger partial charge is 0.293 e. The number of amides is 1. The van der Waals surface area contributed by atoms with Gasteiger partial charge in [-0.1, -0.05) is 65.9 Å². The second kappa shape index (κ2) is 26.1. The number of nitrogens with zero attached hydrogens (tertiary/aromatic N) is 5. The van der Waals surface area contributed by atoms with E-state index in [0.717, 1.165) is 73.3 Å². The molecule has 1 aliphatic heterocycles. The molecular weight excluding hydrogens is 984 g/mol. The fraction of sp³-hybridized carbons (Fsp3) is 0.327. The zero-order valence-corrected chi connectivity index (χ0v) is 43.7. The van der Waals surface area contributed by atoms with Crippen molar-refractivity contribution < 1.29 is 28.3 Å². The average molecular weight is 1050 g/mol. The minimum Gasteiger partial charge on any atom is -0.394 e. The number of nitro groups is 1. The minimum absolute atomic E-state index is 0.138. The number of aliphatic hydroxyl groups excluding tert-OH is 2. The summed E-state index contributed by atoms with van der Waals surface area (Å²) in [5.41, 5.74) is 4.83. The number of piperazine rings is 1. The van der Waals surface area contributed by atoms with E-state index in [0.29, 0.717) is 46.1 Å². The van der Waals surface area contributed by atoms with Crippen LogP contribution in [0.2, 0.25) is 5.02 Å². The van der Waals surface area contributed by atoms with Crippen LogP contribution < -0.4 is 15.4 Å². The molecule has 2 unspecified atom stereocenters. The molecule has 0 spiro atoms. The van der Waals surface area contributed by atoms with E-state index >= 15 is 0 Å². The van der Waals surface area contributed by atoms with Crippen LogP contribution in [0.15, 0.2) is 137 Å². The number of sulfonamides is 1. The van der Waals surface area contributed by atoms with E-state index in [1.807, 2.05) is 96.5 Å². The number of thioether (sulfide) groups is 1. The standard InChI is InChI=1S/C55H63ClN8O7S2/c1-60(2)29-25-46(39-72-48-11-5-4-6-12-48)58-51-24-23-49(36-52(51)64(68)69)73(70,71)59-45-21-15-40(16-22-45)13-14-41-9-7-10-43(35-41)53-50(42-17-19-44(56)20-18-42)37-63(30-26-47(66)38-65)54(53)55(67)57-27-8-28-62-33-31-61(3)32-34-62/h4-7,9-12,15-24,35-37,46-47,58-59,65-66H,8,25-34,38-39H2,1-3H3,(H,57,67). The molecule has 384 valence electrons. The average Bonchev–Trinajstić information content (AvgIpc) is 3.78. The third kappa shape index (κ3) is 15.7. The molecule has 5 N–H and O–H groups in total. The molecule has 1 aliphatic rings. The van der Waals surface area contributed by atoms with Gasteiger partial charge in [0.2, 0.25) is 0 Å². The van der Waals surface area contributed by atoms with Gasteiger partial charge in [0.25, 0.3) is 21.6 Å². The van der Waals surface area contributed by atoms with Crippen molar-refractivity contribution in [2.45, 2.75) is 47.7 Å². The maximum Gasteiger partial charge on any atom is 0.293 e. The van der Waals surface area contributed by atoms with Crippen LogP contribution >= 0.6 is 23.4 Å². The van der Waals surface area contributed by atoms with Gasteiger partial charge in [-0.25, -0.2) is 8.42 Å². The highest BCUT2D eigenvalue weighted by atomic mass is 35.5. The molecule has 5 aromatic carbocycles. The summed E-state index contributed by atoms with van der Waals surface area (Å²) in [5.74, 6) is 6.76. The van der Waals surface area contributed by atoms with E-state index in [1.54, 1.807) is 48.2 Å². The van der Waals surface area contributed by atoms with E-state index in [2.05, 4.69) is 44.0 Å². The van der Waals surface area contributed by atoms with Gasteiger partial charge in [0.1, 0.15) is 11.4 Å². The Morgan fingerprint density at radius 3 is 2.30 bits per heavy atom. The van der Waals surface area contributed by atoms with E-state index in [9.17, 15) is 33.5 Å². The molecule has 1 saturated heterocycles. The number of aliphatic hydroxyl groups is 2. The maximum atomic E-state index is 14.4. The lowest BCUT2D eigenvalue weighted by Gasteiger charge is -2.32. The molecule has 0 saturated carbocycles. The quantitative estimate of drug-likeness (QED) is 0.0136. The van der Waals surface area contributed by atoms with E-state index in [4.69, 9.17) is 11.6 Å². The number of halogens is 1. The number of anilines is 2. The number of rotatable bonds is 23. The summed E-state index contributed by atoms with van der Waals surface area (Å²) in [5, 5.41) is 39.4. The number of carbonyl (C=O) groups is 1. The predicted octanol–water partition coefficient (Wildman–Crippen LogP) is 8.22. The summed E-state index contributed by atoms with van der Waals surface area (Å²) in [6.07, 6.45) is 2.65. The summed E-state index contributed by atoms with van der Waals surface area (Å²) >= 11 is 7.96. The molecule has 0 bridgehead atoms. The Kier molecular flexibility index (Phi) is 19.5. The van der Waals surface area contributed by atoms with E-state index < -0.39 is 27.7 Å². The summed E-state index contributed by atoms with van der Waals surface area (Å²) in [6, 6.07) is 35.1. The fourth-order valence-corrected chi connectivity index (χ4v) is 10.6. The summed E-state index contributed by atoms with van der Waals surface area (Å²) in [7, 11) is 1.82. The third-order valence-corrected chi connectivity index (χ3v) is 15.3. The molecule has 0 radical (unpaired) electrons. The van der Waals surface area contributed by atoms with Crippen molar-refractivity contribution in [1.29, 1.82) is 0 Å². The first-order valence-electron chi connectivity index (χ1n) is 24.3. The highest BCUT2D eigenvalue weighted by molar-refractivity contribution is 7.99. The topological polar surface area (TPSA) is 186 Å². The highest BCUT2D eigenvalue weighted by Crippen LogP contribution is 2.38. The molecule has 15 nitrogen and oxygen atoms in total. The molecule has 73 heavy (non-hydrogen) atoms. The molecule has 1 aromatic heterocycles. The number of hydrogen-bond acceptors (Lipinski definition) is 12. The van der Waals surface area contributed by atoms with Crippen molar-refractivity contribution in [3.8, 4) is 34.1 Å². The lowest BCUT2D eigenvalue weighted by Crippen LogP contribution is -2.45. The van der Waals surface area contributed by atoms with E-state index in [-0.39, 0.29) is 46.9 Å². The Balaban J connectivity index is 1.09. The molecule has 2 atom stereocenters. The van der Waals surface area contributed by atoms with Gasteiger partial charge >= 0.3 is 0 Å². The van der Waals surface area contributed by atoms with Gasteiger partial charge in [0.15, 0.2) is 0 Å². The second-order valence-corrected chi connectivity index (χ2v) is 21.6. The monoisotopic (exact) mass is 1050 g/mol. The number of nitro benzene ring substituents is 1. The lowest BCUT2D eigenvalue weighted by atomic mass is 9.95. The second-order valence-electron chi connectivity index (χ2n) is 18.4. The number of carbonyl (C=O) groups excluding carboxylic acids is 1. The van der Waals surface area contributed by atoms with Crippen LogP contribution in [0.5, 0.6) is 0 Å². The van der Waals surface area contributed by atoms with Crippen LogP contribution in [0.25, 0.3) is 22.3 Å². The Morgan fingerprint density at radius 1 is 0.877 bits per heavy atom. The van der Waals surface area contributed by atoms with Crippen molar-refractivity contribution >= 4 is 56.4 Å². The molecule has 2 heterocycles. The maximum absolute atomic E-state index is 14.4. The zero-order chi connectivity index (χ0) is 51.9. The summed E-state index contributed by atoms with van der Waals surface area (Å²) in [6.45, 7) is 5.95.